The van der Waals surface area contributed by atoms with Gasteiger partial charge in [-0.2, -0.15) is 0 Å². The van der Waals surface area contributed by atoms with Gasteiger partial charge in [-0.05, 0) is 78.8 Å². The minimum Gasteiger partial charge on any atom is -0.507 e. The molecule has 40 heavy (non-hydrogen) atoms. The highest BCUT2D eigenvalue weighted by molar-refractivity contribution is 6.32. The number of phenols is 1. The van der Waals surface area contributed by atoms with Crippen molar-refractivity contribution in [1.82, 2.24) is 0 Å². The van der Waals surface area contributed by atoms with Crippen LogP contribution in [0.4, 0.5) is 0 Å². The van der Waals surface area contributed by atoms with Crippen molar-refractivity contribution < 1.29 is 34.2 Å². The van der Waals surface area contributed by atoms with Gasteiger partial charge in [0.15, 0.2) is 28.7 Å². The second kappa shape index (κ2) is 8.77. The molecule has 0 aliphatic heterocycles. The summed E-state index contributed by atoms with van der Waals surface area (Å²) in [7, 11) is 0. The van der Waals surface area contributed by atoms with Gasteiger partial charge in [0.2, 0.25) is 0 Å². The molecule has 0 heterocycles. The number of fused-ring (bicyclic) bond motifs is 3. The van der Waals surface area contributed by atoms with E-state index < -0.39 is 63.1 Å². The zero-order valence-corrected chi connectivity index (χ0v) is 24.0. The van der Waals surface area contributed by atoms with Crippen LogP contribution >= 0.6 is 0 Å². The van der Waals surface area contributed by atoms with Crippen molar-refractivity contribution in [3.05, 3.63) is 52.6 Å². The zero-order chi connectivity index (χ0) is 29.7. The molecule has 2 saturated carbocycles. The molecule has 3 unspecified atom stereocenters. The van der Waals surface area contributed by atoms with Crippen LogP contribution in [-0.4, -0.2) is 44.7 Å². The van der Waals surface area contributed by atoms with Crippen LogP contribution in [0, 0.1) is 48.3 Å². The Kier molecular flexibility index (Phi) is 6.16. The number of benzene rings is 2. The molecule has 2 fully saturated rings. The lowest BCUT2D eigenvalue weighted by Gasteiger charge is -2.61. The summed E-state index contributed by atoms with van der Waals surface area (Å²) in [5.74, 6) is -8.86. The third kappa shape index (κ3) is 3.43. The number of phenolic OH excluding ortho intramolecular Hbond substituents is 1. The molecule has 0 amide bonds. The molecule has 2 N–H and O–H groups in total. The van der Waals surface area contributed by atoms with Crippen molar-refractivity contribution in [3.63, 3.8) is 0 Å². The first kappa shape index (κ1) is 28.1. The van der Waals surface area contributed by atoms with E-state index in [4.69, 9.17) is 0 Å². The summed E-state index contributed by atoms with van der Waals surface area (Å²) >= 11 is 0. The lowest BCUT2D eigenvalue weighted by atomic mass is 9.40. The highest BCUT2D eigenvalue weighted by atomic mass is 16.3. The highest BCUT2D eigenvalue weighted by Gasteiger charge is 2.76. The monoisotopic (exact) mass is 544 g/mol. The van der Waals surface area contributed by atoms with Gasteiger partial charge < -0.3 is 10.2 Å². The predicted molar refractivity (Wildman–Crippen MR) is 148 cm³/mol. The summed E-state index contributed by atoms with van der Waals surface area (Å²) in [6, 6.07) is 9.15. The second-order valence-corrected chi connectivity index (χ2v) is 13.1. The number of rotatable bonds is 3. The molecule has 0 bridgehead atoms. The molecule has 6 atom stereocenters. The summed E-state index contributed by atoms with van der Waals surface area (Å²) in [5.41, 5.74) is -0.853. The maximum atomic E-state index is 14.4. The number of aliphatic hydroxyl groups is 1. The predicted octanol–water partition coefficient (Wildman–Crippen LogP) is 4.38. The van der Waals surface area contributed by atoms with Crippen LogP contribution in [0.1, 0.15) is 68.1 Å². The van der Waals surface area contributed by atoms with E-state index >= 15 is 0 Å². The first-order valence-corrected chi connectivity index (χ1v) is 13.8. The van der Waals surface area contributed by atoms with E-state index in [1.165, 1.54) is 6.07 Å². The topological polar surface area (TPSA) is 126 Å². The van der Waals surface area contributed by atoms with E-state index in [1.54, 1.807) is 33.8 Å². The van der Waals surface area contributed by atoms with Crippen molar-refractivity contribution in [2.24, 2.45) is 34.5 Å². The lowest BCUT2D eigenvalue weighted by Crippen LogP contribution is -2.76. The van der Waals surface area contributed by atoms with Crippen molar-refractivity contribution in [2.45, 2.75) is 66.9 Å². The van der Waals surface area contributed by atoms with E-state index in [0.29, 0.717) is 5.56 Å². The minimum absolute atomic E-state index is 0.0154. The summed E-state index contributed by atoms with van der Waals surface area (Å²) in [5, 5.41) is 23.0. The van der Waals surface area contributed by atoms with E-state index in [-0.39, 0.29) is 30.1 Å². The molecule has 3 aliphatic carbocycles. The molecule has 0 saturated heterocycles. The standard InChI is InChI=1S/C33H36O7/c1-15(2)25-27(36)23(18(5)34)29(38)33(40)30(39)26-28(37)24-21(13-31(26,6)14-32(25,33)7)20(10-11-22(24)35)19-9-8-16(3)17(4)12-19/h8-12,15,23,25-26,35,40H,13-14H2,1-7H3/t23?,25?,26?,31-,32-,33+/m1/s1. The van der Waals surface area contributed by atoms with Crippen LogP contribution in [0.2, 0.25) is 0 Å². The van der Waals surface area contributed by atoms with E-state index in [0.717, 1.165) is 29.2 Å². The largest absolute Gasteiger partial charge is 0.507 e. The average molecular weight is 545 g/mol. The number of hydrogen-bond donors (Lipinski definition) is 2. The molecule has 0 spiro atoms. The van der Waals surface area contributed by atoms with Gasteiger partial charge in [0.25, 0.3) is 0 Å². The first-order chi connectivity index (χ1) is 18.5. The normalized spacial score (nSPS) is 33.5. The Hall–Kier alpha value is -3.45. The van der Waals surface area contributed by atoms with Gasteiger partial charge >= 0.3 is 0 Å². The fourth-order valence-corrected chi connectivity index (χ4v) is 8.32. The molecular weight excluding hydrogens is 508 g/mol. The molecular formula is C33H36O7. The number of aryl methyl sites for hydroxylation is 2. The Morgan fingerprint density at radius 2 is 1.62 bits per heavy atom. The molecule has 7 heteroatoms. The summed E-state index contributed by atoms with van der Waals surface area (Å²) in [6.45, 7) is 12.0. The van der Waals surface area contributed by atoms with Gasteiger partial charge in [-0.15, -0.1) is 0 Å². The third-order valence-electron chi connectivity index (χ3n) is 10.1. The zero-order valence-electron chi connectivity index (χ0n) is 24.0. The van der Waals surface area contributed by atoms with Gasteiger partial charge in [0.05, 0.1) is 11.5 Å². The fourth-order valence-electron chi connectivity index (χ4n) is 8.32. The van der Waals surface area contributed by atoms with E-state index in [9.17, 15) is 34.2 Å². The Labute approximate surface area is 234 Å². The number of hydrogen-bond acceptors (Lipinski definition) is 7. The Bertz CT molecular complexity index is 1530. The smallest absolute Gasteiger partial charge is 0.190 e. The average Bonchev–Trinajstić information content (AvgIpc) is 2.83. The fraction of sp³-hybridized carbons (Fsp3) is 0.485. The van der Waals surface area contributed by atoms with Crippen molar-refractivity contribution in [1.29, 1.82) is 0 Å². The van der Waals surface area contributed by atoms with Crippen LogP contribution in [0.25, 0.3) is 11.1 Å². The number of carbonyl (C=O) groups is 5. The minimum atomic E-state index is -2.69. The molecule has 0 radical (unpaired) electrons. The van der Waals surface area contributed by atoms with Gasteiger partial charge in [-0.25, -0.2) is 0 Å². The molecule has 2 aromatic rings. The first-order valence-electron chi connectivity index (χ1n) is 13.8. The van der Waals surface area contributed by atoms with Crippen LogP contribution in [0.5, 0.6) is 5.75 Å². The molecule has 0 aromatic heterocycles. The Balaban J connectivity index is 1.75. The lowest BCUT2D eigenvalue weighted by molar-refractivity contribution is -0.205. The van der Waals surface area contributed by atoms with Crippen LogP contribution in [-0.2, 0) is 25.6 Å². The van der Waals surface area contributed by atoms with Crippen molar-refractivity contribution in [2.75, 3.05) is 0 Å². The van der Waals surface area contributed by atoms with Crippen molar-refractivity contribution >= 4 is 28.9 Å². The number of Topliss-reactive ketones (excluding diaryl/α,β-unsaturated/α-hetero) is 5. The maximum absolute atomic E-state index is 14.4. The van der Waals surface area contributed by atoms with Crippen LogP contribution in [0.15, 0.2) is 30.3 Å². The van der Waals surface area contributed by atoms with E-state index in [1.807, 2.05) is 32.0 Å². The summed E-state index contributed by atoms with van der Waals surface area (Å²) in [4.78, 5) is 68.4. The van der Waals surface area contributed by atoms with Crippen LogP contribution in [0.3, 0.4) is 0 Å². The molecule has 5 rings (SSSR count). The van der Waals surface area contributed by atoms with Crippen LogP contribution < -0.4 is 0 Å². The second-order valence-electron chi connectivity index (χ2n) is 13.1. The molecule has 7 nitrogen and oxygen atoms in total. The van der Waals surface area contributed by atoms with E-state index in [2.05, 4.69) is 0 Å². The quantitative estimate of drug-likeness (QED) is 0.550. The van der Waals surface area contributed by atoms with Gasteiger partial charge in [-0.3, -0.25) is 24.0 Å². The summed E-state index contributed by atoms with van der Waals surface area (Å²) < 4.78 is 0. The molecule has 2 aromatic carbocycles. The Morgan fingerprint density at radius 1 is 0.975 bits per heavy atom. The van der Waals surface area contributed by atoms with Gasteiger partial charge in [0, 0.05) is 11.3 Å². The molecule has 210 valence electrons. The van der Waals surface area contributed by atoms with Crippen molar-refractivity contribution in [3.8, 4) is 16.9 Å². The number of carbonyl (C=O) groups excluding carboxylic acids is 5. The SMILES string of the molecule is CC(=O)C1C(=O)C(C(C)C)[C@@]2(C)C[C@@]3(C)Cc4c(-c5ccc(C)c(C)c5)ccc(O)c4C(=O)C3C(=O)[C@@]2(O)C1=O. The number of ketones is 5. The highest BCUT2D eigenvalue weighted by Crippen LogP contribution is 2.64. The third-order valence-corrected chi connectivity index (χ3v) is 10.1. The number of aromatic hydroxyl groups is 1. The molecule has 3 aliphatic rings. The van der Waals surface area contributed by atoms with Gasteiger partial charge in [-0.1, -0.05) is 52.0 Å². The Morgan fingerprint density at radius 3 is 2.20 bits per heavy atom. The maximum Gasteiger partial charge on any atom is 0.190 e. The van der Waals surface area contributed by atoms with Gasteiger partial charge in [0.1, 0.15) is 17.5 Å². The summed E-state index contributed by atoms with van der Waals surface area (Å²) in [6.07, 6.45) is 0.251.